The second-order valence-electron chi connectivity index (χ2n) is 5.09. The van der Waals surface area contributed by atoms with Gasteiger partial charge < -0.3 is 4.74 Å². The third-order valence-corrected chi connectivity index (χ3v) is 4.45. The van der Waals surface area contributed by atoms with E-state index in [0.29, 0.717) is 16.7 Å². The van der Waals surface area contributed by atoms with Gasteiger partial charge in [0.25, 0.3) is 0 Å². The number of halogens is 2. The van der Waals surface area contributed by atoms with Gasteiger partial charge in [-0.25, -0.2) is 0 Å². The van der Waals surface area contributed by atoms with Crippen LogP contribution < -0.4 is 4.74 Å². The molecule has 0 unspecified atom stereocenters. The Balaban J connectivity index is 1.67. The van der Waals surface area contributed by atoms with E-state index >= 15 is 0 Å². The smallest absolute Gasteiger partial charge is 0.387 e. The Morgan fingerprint density at radius 1 is 1.00 bits per heavy atom. The molecule has 3 heterocycles. The number of nitrogens with zero attached hydrogens (tertiary/aromatic N) is 5. The number of pyridine rings is 1. The third-order valence-electron chi connectivity index (χ3n) is 3.52. The van der Waals surface area contributed by atoms with Crippen LogP contribution in [-0.2, 0) is 0 Å². The number of alkyl halides is 2. The van der Waals surface area contributed by atoms with Crippen LogP contribution in [0.1, 0.15) is 5.56 Å². The first kappa shape index (κ1) is 15.7. The minimum absolute atomic E-state index is 0.116. The maximum atomic E-state index is 12.2. The van der Waals surface area contributed by atoms with Crippen LogP contribution in [0, 0.1) is 0 Å². The van der Waals surface area contributed by atoms with Gasteiger partial charge in [-0.05, 0) is 42.0 Å². The van der Waals surface area contributed by atoms with Gasteiger partial charge in [-0.3, -0.25) is 4.98 Å². The first-order valence-corrected chi connectivity index (χ1v) is 8.31. The quantitative estimate of drug-likeness (QED) is 0.715. The zero-order valence-electron chi connectivity index (χ0n) is 12.7. The Bertz CT molecular complexity index is 912. The van der Waals surface area contributed by atoms with Crippen LogP contribution in [0.25, 0.3) is 11.4 Å². The average molecular weight is 359 g/mol. The van der Waals surface area contributed by atoms with Crippen molar-refractivity contribution in [1.82, 2.24) is 19.9 Å². The molecule has 9 heteroatoms. The molecule has 0 saturated heterocycles. The molecule has 0 bridgehead atoms. The van der Waals surface area contributed by atoms with E-state index in [1.54, 1.807) is 29.2 Å². The Kier molecular flexibility index (Phi) is 4.14. The summed E-state index contributed by atoms with van der Waals surface area (Å²) >= 11 is 1.51. The molecule has 4 rings (SSSR count). The normalized spacial score (nSPS) is 13.5. The predicted octanol–water partition coefficient (Wildman–Crippen LogP) is 3.30. The highest BCUT2D eigenvalue weighted by Gasteiger charge is 2.20. The Labute approximate surface area is 145 Å². The molecular weight excluding hydrogens is 348 g/mol. The summed E-state index contributed by atoms with van der Waals surface area (Å²) in [6.45, 7) is -2.84. The van der Waals surface area contributed by atoms with Crippen LogP contribution in [0.15, 0.2) is 59.0 Å². The number of rotatable bonds is 4. The van der Waals surface area contributed by atoms with Crippen LogP contribution in [0.4, 0.5) is 8.78 Å². The molecule has 1 aromatic carbocycles. The molecule has 1 aliphatic heterocycles. The lowest BCUT2D eigenvalue weighted by molar-refractivity contribution is -0.0498. The summed E-state index contributed by atoms with van der Waals surface area (Å²) in [6.07, 6.45) is 3.36. The summed E-state index contributed by atoms with van der Waals surface area (Å²) in [7, 11) is 0. The van der Waals surface area contributed by atoms with E-state index in [1.807, 2.05) is 12.1 Å². The minimum Gasteiger partial charge on any atom is -0.435 e. The summed E-state index contributed by atoms with van der Waals surface area (Å²) in [4.78, 5) is 3.99. The number of benzene rings is 1. The molecule has 0 amide bonds. The number of fused-ring (bicyclic) bond motifs is 1. The minimum atomic E-state index is -2.84. The van der Waals surface area contributed by atoms with Crippen LogP contribution in [0.2, 0.25) is 0 Å². The lowest BCUT2D eigenvalue weighted by atomic mass is 10.1. The molecule has 3 aromatic rings. The molecule has 0 N–H and O–H groups in total. The van der Waals surface area contributed by atoms with Gasteiger partial charge in [-0.1, -0.05) is 11.8 Å². The van der Waals surface area contributed by atoms with Crippen LogP contribution in [0.5, 0.6) is 5.75 Å². The maximum Gasteiger partial charge on any atom is 0.387 e. The van der Waals surface area contributed by atoms with Crippen molar-refractivity contribution < 1.29 is 13.5 Å². The molecule has 0 aliphatic carbocycles. The van der Waals surface area contributed by atoms with Crippen molar-refractivity contribution in [2.45, 2.75) is 11.8 Å². The molecule has 0 saturated carbocycles. The van der Waals surface area contributed by atoms with Crippen molar-refractivity contribution in [2.75, 3.05) is 5.75 Å². The molecule has 25 heavy (non-hydrogen) atoms. The third kappa shape index (κ3) is 3.22. The van der Waals surface area contributed by atoms with Gasteiger partial charge in [0, 0.05) is 23.7 Å². The van der Waals surface area contributed by atoms with Gasteiger partial charge >= 0.3 is 6.61 Å². The first-order valence-electron chi connectivity index (χ1n) is 7.32. The van der Waals surface area contributed by atoms with Crippen LogP contribution in [-0.4, -0.2) is 37.9 Å². The second kappa shape index (κ2) is 6.60. The van der Waals surface area contributed by atoms with Crippen molar-refractivity contribution >= 4 is 17.5 Å². The molecule has 6 nitrogen and oxygen atoms in total. The monoisotopic (exact) mass is 359 g/mol. The number of hydrogen-bond acceptors (Lipinski definition) is 6. The summed E-state index contributed by atoms with van der Waals surface area (Å²) in [6, 6.07) is 10.1. The van der Waals surface area contributed by atoms with Crippen LogP contribution >= 0.6 is 11.8 Å². The lowest BCUT2D eigenvalue weighted by Crippen LogP contribution is -2.14. The fourth-order valence-corrected chi connectivity index (χ4v) is 3.22. The number of thioether (sulfide) groups is 1. The first-order chi connectivity index (χ1) is 12.2. The fraction of sp³-hybridized carbons (Fsp3) is 0.125. The summed E-state index contributed by atoms with van der Waals surface area (Å²) in [5, 5.41) is 13.7. The Hall–Kier alpha value is -2.81. The van der Waals surface area contributed by atoms with Crippen LogP contribution in [0.3, 0.4) is 0 Å². The van der Waals surface area contributed by atoms with Gasteiger partial charge in [-0.15, -0.1) is 10.2 Å². The van der Waals surface area contributed by atoms with E-state index < -0.39 is 6.61 Å². The average Bonchev–Trinajstić information content (AvgIpc) is 3.06. The predicted molar refractivity (Wildman–Crippen MR) is 89.0 cm³/mol. The topological polar surface area (TPSA) is 65.2 Å². The van der Waals surface area contributed by atoms with Gasteiger partial charge in [0.1, 0.15) is 5.75 Å². The lowest BCUT2D eigenvalue weighted by Gasteiger charge is -2.14. The molecule has 0 atom stereocenters. The molecular formula is C16H11F2N5OS. The van der Waals surface area contributed by atoms with Crippen molar-refractivity contribution in [3.05, 3.63) is 54.4 Å². The summed E-state index contributed by atoms with van der Waals surface area (Å²) in [5.74, 6) is 1.36. The zero-order valence-corrected chi connectivity index (χ0v) is 13.5. The summed E-state index contributed by atoms with van der Waals surface area (Å²) < 4.78 is 30.5. The van der Waals surface area contributed by atoms with E-state index in [-0.39, 0.29) is 5.75 Å². The highest BCUT2D eigenvalue weighted by Crippen LogP contribution is 2.28. The van der Waals surface area contributed by atoms with E-state index in [1.165, 1.54) is 23.9 Å². The van der Waals surface area contributed by atoms with Gasteiger partial charge in [-0.2, -0.15) is 18.6 Å². The van der Waals surface area contributed by atoms with E-state index in [9.17, 15) is 8.78 Å². The highest BCUT2D eigenvalue weighted by molar-refractivity contribution is 7.99. The van der Waals surface area contributed by atoms with Gasteiger partial charge in [0.15, 0.2) is 5.82 Å². The number of ether oxygens (including phenoxy) is 1. The zero-order chi connectivity index (χ0) is 17.2. The summed E-state index contributed by atoms with van der Waals surface area (Å²) in [5.41, 5.74) is 2.49. The number of hydrogen-bond donors (Lipinski definition) is 0. The molecule has 0 spiro atoms. The van der Waals surface area contributed by atoms with E-state index in [0.717, 1.165) is 16.8 Å². The van der Waals surface area contributed by atoms with Crippen molar-refractivity contribution in [1.29, 1.82) is 0 Å². The Morgan fingerprint density at radius 2 is 1.76 bits per heavy atom. The van der Waals surface area contributed by atoms with Gasteiger partial charge in [0.2, 0.25) is 5.16 Å². The van der Waals surface area contributed by atoms with E-state index in [2.05, 4.69) is 25.0 Å². The van der Waals surface area contributed by atoms with Gasteiger partial charge in [0.05, 0.1) is 5.71 Å². The fourth-order valence-electron chi connectivity index (χ4n) is 2.38. The van der Waals surface area contributed by atoms with E-state index in [4.69, 9.17) is 0 Å². The van der Waals surface area contributed by atoms with Crippen molar-refractivity contribution in [3.63, 3.8) is 0 Å². The standard InChI is InChI=1S/C16H11F2N5OS/c17-15(18)24-12-3-1-10(2-4-12)13-9-25-16-21-20-14(23(16)22-13)11-5-7-19-8-6-11/h1-8,15H,9H2. The molecule has 1 aliphatic rings. The largest absolute Gasteiger partial charge is 0.435 e. The molecule has 0 radical (unpaired) electrons. The SMILES string of the molecule is FC(F)Oc1ccc(C2=Nn3c(nnc3-c3ccncc3)SC2)cc1. The highest BCUT2D eigenvalue weighted by atomic mass is 32.2. The maximum absolute atomic E-state index is 12.2. The molecule has 126 valence electrons. The number of aromatic nitrogens is 4. The van der Waals surface area contributed by atoms with Crippen molar-refractivity contribution in [3.8, 4) is 17.1 Å². The van der Waals surface area contributed by atoms with Crippen molar-refractivity contribution in [2.24, 2.45) is 5.10 Å². The second-order valence-corrected chi connectivity index (χ2v) is 6.03. The molecule has 0 fully saturated rings. The molecule has 2 aromatic heterocycles. The Morgan fingerprint density at radius 3 is 2.48 bits per heavy atom.